The Morgan fingerprint density at radius 3 is 2.84 bits per heavy atom. The molecule has 0 saturated carbocycles. The van der Waals surface area contributed by atoms with E-state index in [2.05, 4.69) is 20.8 Å². The zero-order valence-electron chi connectivity index (χ0n) is 10.4. The topological polar surface area (TPSA) is 12.5 Å². The van der Waals surface area contributed by atoms with Gasteiger partial charge in [-0.1, -0.05) is 34.1 Å². The van der Waals surface area contributed by atoms with E-state index in [0.717, 1.165) is 15.9 Å². The second-order valence-electron chi connectivity index (χ2n) is 4.57. The van der Waals surface area contributed by atoms with Crippen LogP contribution in [0, 0.1) is 5.82 Å². The third kappa shape index (κ3) is 2.21. The van der Waals surface area contributed by atoms with Crippen LogP contribution in [0.4, 0.5) is 10.1 Å². The van der Waals surface area contributed by atoms with Crippen LogP contribution in [0.2, 0.25) is 0 Å². The number of anilines is 1. The number of nitrogens with zero attached hydrogens (tertiary/aromatic N) is 1. The fourth-order valence-corrected chi connectivity index (χ4v) is 2.73. The summed E-state index contributed by atoms with van der Waals surface area (Å²) in [5.74, 6) is 0.639. The Bertz CT molecular complexity index is 617. The number of ether oxygens (including phenoxy) is 1. The van der Waals surface area contributed by atoms with Crippen LogP contribution in [0.1, 0.15) is 11.6 Å². The highest BCUT2D eigenvalue weighted by Gasteiger charge is 2.27. The third-order valence-corrected chi connectivity index (χ3v) is 3.92. The highest BCUT2D eigenvalue weighted by molar-refractivity contribution is 9.10. The van der Waals surface area contributed by atoms with Crippen LogP contribution in [0.3, 0.4) is 0 Å². The average Bonchev–Trinajstić information content (AvgIpc) is 2.41. The largest absolute Gasteiger partial charge is 0.489 e. The van der Waals surface area contributed by atoms with Crippen LogP contribution in [-0.4, -0.2) is 13.7 Å². The van der Waals surface area contributed by atoms with Crippen molar-refractivity contribution in [3.63, 3.8) is 0 Å². The van der Waals surface area contributed by atoms with Gasteiger partial charge in [-0.2, -0.15) is 0 Å². The van der Waals surface area contributed by atoms with Crippen molar-refractivity contribution in [1.82, 2.24) is 0 Å². The van der Waals surface area contributed by atoms with Crippen LogP contribution in [0.15, 0.2) is 46.9 Å². The molecule has 0 amide bonds. The summed E-state index contributed by atoms with van der Waals surface area (Å²) in [5, 5.41) is 0. The second kappa shape index (κ2) is 4.85. The van der Waals surface area contributed by atoms with E-state index in [0.29, 0.717) is 12.2 Å². The quantitative estimate of drug-likeness (QED) is 0.782. The molecule has 1 aliphatic heterocycles. The molecule has 1 atom stereocenters. The molecule has 0 fully saturated rings. The van der Waals surface area contributed by atoms with Crippen LogP contribution in [0.5, 0.6) is 5.75 Å². The van der Waals surface area contributed by atoms with Crippen molar-refractivity contribution in [2.24, 2.45) is 0 Å². The normalized spacial score (nSPS) is 17.8. The minimum atomic E-state index is -0.193. The lowest BCUT2D eigenvalue weighted by molar-refractivity contribution is 0.265. The van der Waals surface area contributed by atoms with Gasteiger partial charge in [0.05, 0.1) is 11.7 Å². The number of hydrogen-bond acceptors (Lipinski definition) is 2. The molecule has 98 valence electrons. The molecule has 0 aliphatic carbocycles. The molecule has 4 heteroatoms. The van der Waals surface area contributed by atoms with Gasteiger partial charge in [0.1, 0.15) is 18.2 Å². The predicted octanol–water partition coefficient (Wildman–Crippen LogP) is 4.16. The minimum Gasteiger partial charge on any atom is -0.489 e. The third-order valence-electron chi connectivity index (χ3n) is 3.43. The number of rotatable bonds is 1. The SMILES string of the molecule is CN1c2cc(Br)ccc2OCC1c1ccccc1F. The first kappa shape index (κ1) is 12.5. The van der Waals surface area contributed by atoms with Crippen molar-refractivity contribution < 1.29 is 9.13 Å². The number of likely N-dealkylation sites (N-methyl/N-ethyl adjacent to an activating group) is 1. The van der Waals surface area contributed by atoms with Gasteiger partial charge >= 0.3 is 0 Å². The Balaban J connectivity index is 2.02. The smallest absolute Gasteiger partial charge is 0.142 e. The summed E-state index contributed by atoms with van der Waals surface area (Å²) < 4.78 is 20.6. The van der Waals surface area contributed by atoms with Gasteiger partial charge < -0.3 is 9.64 Å². The second-order valence-corrected chi connectivity index (χ2v) is 5.49. The summed E-state index contributed by atoms with van der Waals surface area (Å²) in [4.78, 5) is 2.06. The van der Waals surface area contributed by atoms with Gasteiger partial charge in [-0.05, 0) is 24.3 Å². The molecule has 2 aromatic rings. The lowest BCUT2D eigenvalue weighted by Gasteiger charge is -2.36. The first-order valence-electron chi connectivity index (χ1n) is 6.06. The Morgan fingerprint density at radius 2 is 2.05 bits per heavy atom. The molecule has 3 rings (SSSR count). The van der Waals surface area contributed by atoms with Gasteiger partial charge in [-0.25, -0.2) is 4.39 Å². The van der Waals surface area contributed by atoms with E-state index in [1.54, 1.807) is 6.07 Å². The molecular formula is C15H13BrFNO. The molecule has 0 spiro atoms. The summed E-state index contributed by atoms with van der Waals surface area (Å²) in [6, 6.07) is 12.6. The van der Waals surface area contributed by atoms with Gasteiger partial charge in [0, 0.05) is 17.1 Å². The average molecular weight is 322 g/mol. The van der Waals surface area contributed by atoms with E-state index in [1.165, 1.54) is 6.07 Å². The molecule has 19 heavy (non-hydrogen) atoms. The molecule has 1 unspecified atom stereocenters. The van der Waals surface area contributed by atoms with Gasteiger partial charge in [-0.3, -0.25) is 0 Å². The molecule has 0 bridgehead atoms. The summed E-state index contributed by atoms with van der Waals surface area (Å²) in [6.45, 7) is 0.450. The molecule has 0 N–H and O–H groups in total. The lowest BCUT2D eigenvalue weighted by atomic mass is 10.0. The fourth-order valence-electron chi connectivity index (χ4n) is 2.38. The first-order valence-corrected chi connectivity index (χ1v) is 6.86. The first-order chi connectivity index (χ1) is 9.16. The van der Waals surface area contributed by atoms with Crippen molar-refractivity contribution in [1.29, 1.82) is 0 Å². The fraction of sp³-hybridized carbons (Fsp3) is 0.200. The van der Waals surface area contributed by atoms with E-state index in [9.17, 15) is 4.39 Å². The van der Waals surface area contributed by atoms with Gasteiger partial charge in [0.15, 0.2) is 0 Å². The number of halogens is 2. The van der Waals surface area contributed by atoms with E-state index < -0.39 is 0 Å². The minimum absolute atomic E-state index is 0.108. The Hall–Kier alpha value is -1.55. The van der Waals surface area contributed by atoms with Gasteiger partial charge in [-0.15, -0.1) is 0 Å². The summed E-state index contributed by atoms with van der Waals surface area (Å²) in [6.07, 6.45) is 0. The van der Waals surface area contributed by atoms with E-state index in [1.807, 2.05) is 37.4 Å². The number of fused-ring (bicyclic) bond motifs is 1. The highest BCUT2D eigenvalue weighted by Crippen LogP contribution is 2.40. The Kier molecular flexibility index (Phi) is 3.19. The molecule has 1 aliphatic rings. The maximum atomic E-state index is 13.9. The Morgan fingerprint density at radius 1 is 1.26 bits per heavy atom. The van der Waals surface area contributed by atoms with Gasteiger partial charge in [0.2, 0.25) is 0 Å². The molecule has 0 saturated heterocycles. The van der Waals surface area contributed by atoms with E-state index >= 15 is 0 Å². The van der Waals surface area contributed by atoms with Crippen molar-refractivity contribution in [3.05, 3.63) is 58.3 Å². The summed E-state index contributed by atoms with van der Waals surface area (Å²) in [7, 11) is 1.96. The summed E-state index contributed by atoms with van der Waals surface area (Å²) >= 11 is 3.45. The number of hydrogen-bond donors (Lipinski definition) is 0. The molecule has 1 heterocycles. The van der Waals surface area contributed by atoms with Gasteiger partial charge in [0.25, 0.3) is 0 Å². The molecular weight excluding hydrogens is 309 g/mol. The van der Waals surface area contributed by atoms with Crippen LogP contribution in [0.25, 0.3) is 0 Å². The Labute approximate surface area is 119 Å². The van der Waals surface area contributed by atoms with Crippen molar-refractivity contribution >= 4 is 21.6 Å². The number of benzene rings is 2. The maximum Gasteiger partial charge on any atom is 0.142 e. The van der Waals surface area contributed by atoms with Crippen LogP contribution < -0.4 is 9.64 Å². The summed E-state index contributed by atoms with van der Waals surface area (Å²) in [5.41, 5.74) is 1.63. The molecule has 2 aromatic carbocycles. The monoisotopic (exact) mass is 321 g/mol. The molecule has 0 aromatic heterocycles. The predicted molar refractivity (Wildman–Crippen MR) is 77.2 cm³/mol. The standard InChI is InChI=1S/C15H13BrFNO/c1-18-13-8-10(16)6-7-15(13)19-9-14(18)11-4-2-3-5-12(11)17/h2-8,14H,9H2,1H3. The van der Waals surface area contributed by atoms with E-state index in [4.69, 9.17) is 4.74 Å². The lowest BCUT2D eigenvalue weighted by Crippen LogP contribution is -2.33. The van der Waals surface area contributed by atoms with Crippen molar-refractivity contribution in [2.45, 2.75) is 6.04 Å². The van der Waals surface area contributed by atoms with Crippen molar-refractivity contribution in [3.8, 4) is 5.75 Å². The molecule has 0 radical (unpaired) electrons. The van der Waals surface area contributed by atoms with Crippen molar-refractivity contribution in [2.75, 3.05) is 18.6 Å². The zero-order chi connectivity index (χ0) is 13.4. The zero-order valence-corrected chi connectivity index (χ0v) is 12.0. The maximum absolute atomic E-state index is 13.9. The molecule has 2 nitrogen and oxygen atoms in total. The highest BCUT2D eigenvalue weighted by atomic mass is 79.9. The van der Waals surface area contributed by atoms with Crippen LogP contribution in [-0.2, 0) is 0 Å². The van der Waals surface area contributed by atoms with E-state index in [-0.39, 0.29) is 11.9 Å². The van der Waals surface area contributed by atoms with Crippen LogP contribution >= 0.6 is 15.9 Å².